The fraction of sp³-hybridized carbons (Fsp3) is 0.0625. The van der Waals surface area contributed by atoms with Gasteiger partial charge in [-0.2, -0.15) is 0 Å². The first-order chi connectivity index (χ1) is 16.8. The zero-order valence-electron chi connectivity index (χ0n) is 19.0. The quantitative estimate of drug-likeness (QED) is 0.278. The average Bonchev–Trinajstić information content (AvgIpc) is 2.89. The third-order valence-electron chi connectivity index (χ3n) is 6.47. The van der Waals surface area contributed by atoms with Crippen LogP contribution in [0.1, 0.15) is 11.1 Å². The van der Waals surface area contributed by atoms with E-state index >= 15 is 0 Å². The Labute approximate surface area is 200 Å². The molecule has 4 aromatic carbocycles. The van der Waals surface area contributed by atoms with Gasteiger partial charge in [-0.1, -0.05) is 72.8 Å². The predicted molar refractivity (Wildman–Crippen MR) is 138 cm³/mol. The molecule has 2 nitrogen and oxygen atoms in total. The molecule has 0 aliphatic carbocycles. The minimum absolute atomic E-state index is 0.867. The summed E-state index contributed by atoms with van der Waals surface area (Å²) < 4.78 is 4.47. The topological polar surface area (TPSA) is 7.76 Å². The van der Waals surface area contributed by atoms with Crippen molar-refractivity contribution in [1.29, 1.82) is 0 Å². The van der Waals surface area contributed by atoms with Gasteiger partial charge in [0.15, 0.2) is 37.9 Å². The molecule has 0 N–H and O–H groups in total. The molecule has 0 spiro atoms. The Morgan fingerprint density at radius 1 is 0.382 bits per heavy atom. The van der Waals surface area contributed by atoms with Gasteiger partial charge in [-0.3, -0.25) is 0 Å². The van der Waals surface area contributed by atoms with Crippen LogP contribution >= 0.6 is 0 Å². The minimum Gasteiger partial charge on any atom is -0.201 e. The highest BCUT2D eigenvalue weighted by atomic mass is 14.9. The Morgan fingerprint density at radius 2 is 0.765 bits per heavy atom. The van der Waals surface area contributed by atoms with E-state index in [-0.39, 0.29) is 0 Å². The average molecular weight is 439 g/mol. The van der Waals surface area contributed by atoms with Crippen molar-refractivity contribution in [2.24, 2.45) is 0 Å². The molecule has 0 atom stereocenters. The Kier molecular flexibility index (Phi) is 5.33. The first-order valence-electron chi connectivity index (χ1n) is 11.7. The summed E-state index contributed by atoms with van der Waals surface area (Å²) in [5.41, 5.74) is 5.08. The van der Waals surface area contributed by atoms with E-state index in [0.29, 0.717) is 0 Å². The lowest BCUT2D eigenvalue weighted by molar-refractivity contribution is -0.688. The van der Waals surface area contributed by atoms with Crippen molar-refractivity contribution >= 4 is 21.5 Å². The maximum Gasteiger partial charge on any atom is 0.173 e. The first-order valence-corrected chi connectivity index (χ1v) is 11.7. The summed E-state index contributed by atoms with van der Waals surface area (Å²) in [6.07, 6.45) is 8.67. The van der Waals surface area contributed by atoms with Crippen LogP contribution in [0.2, 0.25) is 0 Å². The van der Waals surface area contributed by atoms with Crippen LogP contribution in [0, 0.1) is 0 Å². The van der Waals surface area contributed by atoms with Crippen molar-refractivity contribution in [3.05, 3.63) is 145 Å². The van der Waals surface area contributed by atoms with E-state index in [4.69, 9.17) is 0 Å². The third kappa shape index (κ3) is 4.31. The van der Waals surface area contributed by atoms with E-state index in [1.807, 2.05) is 0 Å². The van der Waals surface area contributed by atoms with Crippen LogP contribution in [0.25, 0.3) is 32.7 Å². The Morgan fingerprint density at radius 3 is 1.18 bits per heavy atom. The summed E-state index contributed by atoms with van der Waals surface area (Å²) in [6, 6.07) is 39.2. The highest BCUT2D eigenvalue weighted by molar-refractivity contribution is 5.83. The van der Waals surface area contributed by atoms with Gasteiger partial charge in [0.1, 0.15) is 0 Å². The van der Waals surface area contributed by atoms with Gasteiger partial charge >= 0.3 is 0 Å². The molecule has 0 radical (unpaired) electrons. The highest BCUT2D eigenvalue weighted by Gasteiger charge is 2.08. The van der Waals surface area contributed by atoms with Gasteiger partial charge in [-0.15, -0.1) is 0 Å². The van der Waals surface area contributed by atoms with Gasteiger partial charge in [0.2, 0.25) is 0 Å². The van der Waals surface area contributed by atoms with E-state index < -0.39 is 0 Å². The highest BCUT2D eigenvalue weighted by Crippen LogP contribution is 2.18. The number of benzene rings is 4. The minimum atomic E-state index is 0.867. The van der Waals surface area contributed by atoms with Crippen LogP contribution < -0.4 is 9.13 Å². The molecule has 162 valence electrons. The lowest BCUT2D eigenvalue weighted by Gasteiger charge is -2.04. The summed E-state index contributed by atoms with van der Waals surface area (Å²) >= 11 is 0. The van der Waals surface area contributed by atoms with E-state index in [9.17, 15) is 0 Å². The standard InChI is InChI=1S/C32H26N2/c1-3-7-31-21-25(9-11-27(31)5-1)23-33-17-13-29(14-18-33)30-15-19-34(20-16-30)24-26-10-12-28-6-2-4-8-32(28)22-26/h1-22H,23-24H2/q+2. The van der Waals surface area contributed by atoms with Crippen molar-refractivity contribution in [3.8, 4) is 11.1 Å². The monoisotopic (exact) mass is 438 g/mol. The van der Waals surface area contributed by atoms with Gasteiger partial charge in [0, 0.05) is 35.4 Å². The van der Waals surface area contributed by atoms with Crippen LogP contribution in [0.3, 0.4) is 0 Å². The molecule has 2 aromatic heterocycles. The lowest BCUT2D eigenvalue weighted by Crippen LogP contribution is -2.33. The number of hydrogen-bond donors (Lipinski definition) is 0. The lowest BCUT2D eigenvalue weighted by atomic mass is 10.1. The number of fused-ring (bicyclic) bond motifs is 2. The third-order valence-corrected chi connectivity index (χ3v) is 6.47. The fourth-order valence-corrected chi connectivity index (χ4v) is 4.61. The molecule has 0 saturated heterocycles. The summed E-state index contributed by atoms with van der Waals surface area (Å²) in [7, 11) is 0. The zero-order valence-corrected chi connectivity index (χ0v) is 19.0. The largest absolute Gasteiger partial charge is 0.201 e. The maximum absolute atomic E-state index is 2.28. The fourth-order valence-electron chi connectivity index (χ4n) is 4.61. The molecule has 0 aliphatic heterocycles. The molecule has 0 bridgehead atoms. The van der Waals surface area contributed by atoms with E-state index in [1.54, 1.807) is 0 Å². The van der Waals surface area contributed by atoms with Gasteiger partial charge in [0.05, 0.1) is 0 Å². The van der Waals surface area contributed by atoms with Crippen LogP contribution in [0.15, 0.2) is 134 Å². The van der Waals surface area contributed by atoms with Gasteiger partial charge < -0.3 is 0 Å². The maximum atomic E-state index is 2.28. The molecule has 0 amide bonds. The number of hydrogen-bond acceptors (Lipinski definition) is 0. The second kappa shape index (κ2) is 8.92. The summed E-state index contributed by atoms with van der Waals surface area (Å²) in [4.78, 5) is 0. The van der Waals surface area contributed by atoms with Crippen molar-refractivity contribution < 1.29 is 9.13 Å². The molecule has 6 aromatic rings. The number of pyridine rings is 2. The van der Waals surface area contributed by atoms with Crippen LogP contribution in [0.5, 0.6) is 0 Å². The summed E-state index contributed by atoms with van der Waals surface area (Å²) in [5, 5.41) is 5.15. The molecule has 0 aliphatic rings. The summed E-state index contributed by atoms with van der Waals surface area (Å²) in [6.45, 7) is 1.73. The van der Waals surface area contributed by atoms with Crippen LogP contribution in [-0.2, 0) is 13.1 Å². The van der Waals surface area contributed by atoms with Gasteiger partial charge in [0.25, 0.3) is 0 Å². The molecular formula is C32H26N2+2. The normalized spacial score (nSPS) is 11.2. The van der Waals surface area contributed by atoms with Gasteiger partial charge in [-0.25, -0.2) is 9.13 Å². The molecule has 2 heteroatoms. The molecular weight excluding hydrogens is 412 g/mol. The second-order valence-corrected chi connectivity index (χ2v) is 8.88. The molecule has 6 rings (SSSR count). The number of nitrogens with zero attached hydrogens (tertiary/aromatic N) is 2. The smallest absolute Gasteiger partial charge is 0.173 e. The van der Waals surface area contributed by atoms with E-state index in [1.165, 1.54) is 43.8 Å². The van der Waals surface area contributed by atoms with Crippen molar-refractivity contribution in [2.45, 2.75) is 13.1 Å². The molecule has 34 heavy (non-hydrogen) atoms. The second-order valence-electron chi connectivity index (χ2n) is 8.88. The SMILES string of the molecule is c1ccc2cc(C[n+]3ccc(-c4cc[n+](Cc5ccc6ccccc6c5)cc4)cc3)ccc2c1. The Balaban J connectivity index is 1.15. The van der Waals surface area contributed by atoms with Crippen molar-refractivity contribution in [1.82, 2.24) is 0 Å². The van der Waals surface area contributed by atoms with Crippen molar-refractivity contribution in [2.75, 3.05) is 0 Å². The summed E-state index contributed by atoms with van der Waals surface area (Å²) in [5.74, 6) is 0. The first kappa shape index (κ1) is 20.3. The Hall–Kier alpha value is -4.30. The van der Waals surface area contributed by atoms with Gasteiger partial charge in [-0.05, 0) is 44.8 Å². The van der Waals surface area contributed by atoms with E-state index in [2.05, 4.69) is 143 Å². The zero-order chi connectivity index (χ0) is 22.7. The molecule has 0 fully saturated rings. The van der Waals surface area contributed by atoms with Crippen molar-refractivity contribution in [3.63, 3.8) is 0 Å². The predicted octanol–water partition coefficient (Wildman–Crippen LogP) is 6.33. The number of aromatic nitrogens is 2. The van der Waals surface area contributed by atoms with Crippen LogP contribution in [0.4, 0.5) is 0 Å². The number of rotatable bonds is 5. The van der Waals surface area contributed by atoms with Crippen LogP contribution in [-0.4, -0.2) is 0 Å². The Bertz CT molecular complexity index is 1460. The molecule has 2 heterocycles. The molecule has 0 unspecified atom stereocenters. The molecule has 0 saturated carbocycles. The van der Waals surface area contributed by atoms with E-state index in [0.717, 1.165) is 13.1 Å².